The number of likely N-dealkylation sites (N-methyl/N-ethyl adjacent to an activating group) is 2. The average Bonchev–Trinajstić information content (AvgIpc) is 2.69. The second kappa shape index (κ2) is 9.43. The van der Waals surface area contributed by atoms with Gasteiger partial charge in [0.1, 0.15) is 13.2 Å². The Labute approximate surface area is 171 Å². The number of hydrogen-bond donors (Lipinski definition) is 1. The standard InChI is InChI=1S/C22H27N3O4/c1-16-4-7-18(8-5-16)23-21(26)14-24(2)15-22(27)25(3)13-17-6-9-19-20(12-17)29-11-10-28-19/h4-9,12H,10-11,13-15H2,1-3H3,(H,23,26). The first-order chi connectivity index (χ1) is 13.9. The van der Waals surface area contributed by atoms with E-state index < -0.39 is 0 Å². The van der Waals surface area contributed by atoms with Crippen molar-refractivity contribution < 1.29 is 19.1 Å². The fourth-order valence-corrected chi connectivity index (χ4v) is 3.04. The summed E-state index contributed by atoms with van der Waals surface area (Å²) in [6, 6.07) is 13.3. The van der Waals surface area contributed by atoms with Gasteiger partial charge in [0.05, 0.1) is 13.1 Å². The van der Waals surface area contributed by atoms with Crippen LogP contribution in [0.25, 0.3) is 0 Å². The molecule has 1 aliphatic heterocycles. The van der Waals surface area contributed by atoms with Crippen LogP contribution in [0.5, 0.6) is 11.5 Å². The molecule has 1 N–H and O–H groups in total. The smallest absolute Gasteiger partial charge is 0.238 e. The average molecular weight is 397 g/mol. The molecule has 0 spiro atoms. The van der Waals surface area contributed by atoms with Crippen molar-refractivity contribution in [3.8, 4) is 11.5 Å². The molecule has 0 saturated carbocycles. The summed E-state index contributed by atoms with van der Waals surface area (Å²) in [7, 11) is 3.50. The zero-order valence-electron chi connectivity index (χ0n) is 17.1. The van der Waals surface area contributed by atoms with Gasteiger partial charge in [-0.3, -0.25) is 14.5 Å². The number of ether oxygens (including phenoxy) is 2. The Morgan fingerprint density at radius 3 is 2.38 bits per heavy atom. The number of fused-ring (bicyclic) bond motifs is 1. The number of benzene rings is 2. The van der Waals surface area contributed by atoms with Crippen LogP contribution >= 0.6 is 0 Å². The molecule has 0 saturated heterocycles. The number of rotatable bonds is 7. The molecule has 1 aliphatic rings. The van der Waals surface area contributed by atoms with E-state index in [-0.39, 0.29) is 24.9 Å². The van der Waals surface area contributed by atoms with Crippen molar-refractivity contribution in [2.75, 3.05) is 45.7 Å². The Kier molecular flexibility index (Phi) is 6.72. The lowest BCUT2D eigenvalue weighted by Gasteiger charge is -2.23. The second-order valence-electron chi connectivity index (χ2n) is 7.31. The van der Waals surface area contributed by atoms with E-state index in [4.69, 9.17) is 9.47 Å². The molecule has 29 heavy (non-hydrogen) atoms. The third kappa shape index (κ3) is 5.96. The molecule has 2 aromatic rings. The third-order valence-electron chi connectivity index (χ3n) is 4.61. The lowest BCUT2D eigenvalue weighted by atomic mass is 10.2. The number of nitrogens with one attached hydrogen (secondary N) is 1. The molecule has 0 radical (unpaired) electrons. The van der Waals surface area contributed by atoms with Crippen LogP contribution in [-0.4, -0.2) is 62.0 Å². The highest BCUT2D eigenvalue weighted by atomic mass is 16.6. The number of hydrogen-bond acceptors (Lipinski definition) is 5. The van der Waals surface area contributed by atoms with Crippen LogP contribution in [-0.2, 0) is 16.1 Å². The fraction of sp³-hybridized carbons (Fsp3) is 0.364. The molecule has 0 unspecified atom stereocenters. The molecule has 2 amide bonds. The quantitative estimate of drug-likeness (QED) is 0.776. The minimum atomic E-state index is -0.154. The van der Waals surface area contributed by atoms with Crippen LogP contribution in [0.2, 0.25) is 0 Å². The number of amides is 2. The fourth-order valence-electron chi connectivity index (χ4n) is 3.04. The molecular weight excluding hydrogens is 370 g/mol. The van der Waals surface area contributed by atoms with Gasteiger partial charge in [-0.1, -0.05) is 23.8 Å². The lowest BCUT2D eigenvalue weighted by molar-refractivity contribution is -0.131. The second-order valence-corrected chi connectivity index (χ2v) is 7.31. The molecule has 3 rings (SSSR count). The number of carbonyl (C=O) groups is 2. The lowest BCUT2D eigenvalue weighted by Crippen LogP contribution is -2.39. The van der Waals surface area contributed by atoms with E-state index in [1.54, 1.807) is 23.9 Å². The van der Waals surface area contributed by atoms with Gasteiger partial charge in [-0.2, -0.15) is 0 Å². The third-order valence-corrected chi connectivity index (χ3v) is 4.61. The minimum absolute atomic E-state index is 0.0643. The first-order valence-electron chi connectivity index (χ1n) is 9.58. The summed E-state index contributed by atoms with van der Waals surface area (Å²) >= 11 is 0. The van der Waals surface area contributed by atoms with E-state index in [0.29, 0.717) is 25.5 Å². The first-order valence-corrected chi connectivity index (χ1v) is 9.58. The number of aryl methyl sites for hydroxylation is 1. The Morgan fingerprint density at radius 1 is 0.966 bits per heavy atom. The molecule has 0 atom stereocenters. The van der Waals surface area contributed by atoms with Crippen LogP contribution in [0.15, 0.2) is 42.5 Å². The molecule has 0 fully saturated rings. The summed E-state index contributed by atoms with van der Waals surface area (Å²) in [5, 5.41) is 2.84. The van der Waals surface area contributed by atoms with E-state index in [1.165, 1.54) is 0 Å². The zero-order chi connectivity index (χ0) is 20.8. The van der Waals surface area contributed by atoms with E-state index in [9.17, 15) is 9.59 Å². The monoisotopic (exact) mass is 397 g/mol. The van der Waals surface area contributed by atoms with Gasteiger partial charge in [0, 0.05) is 19.3 Å². The summed E-state index contributed by atoms with van der Waals surface area (Å²) in [5.41, 5.74) is 2.84. The number of anilines is 1. The maximum atomic E-state index is 12.5. The molecule has 2 aromatic carbocycles. The Bertz CT molecular complexity index is 867. The van der Waals surface area contributed by atoms with Crippen LogP contribution in [0.3, 0.4) is 0 Å². The Balaban J connectivity index is 1.47. The SMILES string of the molecule is Cc1ccc(NC(=O)CN(C)CC(=O)N(C)Cc2ccc3c(c2)OCCO3)cc1. The van der Waals surface area contributed by atoms with Crippen molar-refractivity contribution in [1.29, 1.82) is 0 Å². The Morgan fingerprint density at radius 2 is 1.66 bits per heavy atom. The number of carbonyl (C=O) groups excluding carboxylic acids is 2. The van der Waals surface area contributed by atoms with Crippen molar-refractivity contribution in [1.82, 2.24) is 9.80 Å². The van der Waals surface area contributed by atoms with Gasteiger partial charge in [0.25, 0.3) is 0 Å². The zero-order valence-corrected chi connectivity index (χ0v) is 17.1. The summed E-state index contributed by atoms with van der Waals surface area (Å²) in [6.45, 7) is 3.82. The summed E-state index contributed by atoms with van der Waals surface area (Å²) in [6.07, 6.45) is 0. The molecule has 154 valence electrons. The molecule has 0 aliphatic carbocycles. The van der Waals surface area contributed by atoms with Gasteiger partial charge in [0.2, 0.25) is 11.8 Å². The van der Waals surface area contributed by atoms with E-state index in [0.717, 1.165) is 22.6 Å². The van der Waals surface area contributed by atoms with Gasteiger partial charge in [-0.25, -0.2) is 0 Å². The van der Waals surface area contributed by atoms with Crippen LogP contribution in [0, 0.1) is 6.92 Å². The van der Waals surface area contributed by atoms with Crippen LogP contribution < -0.4 is 14.8 Å². The molecule has 7 heteroatoms. The van der Waals surface area contributed by atoms with Gasteiger partial charge in [-0.05, 0) is 43.8 Å². The summed E-state index contributed by atoms with van der Waals surface area (Å²) in [5.74, 6) is 1.22. The van der Waals surface area contributed by atoms with Gasteiger partial charge < -0.3 is 19.7 Å². The van der Waals surface area contributed by atoms with Crippen molar-refractivity contribution in [2.45, 2.75) is 13.5 Å². The van der Waals surface area contributed by atoms with Crippen molar-refractivity contribution in [3.05, 3.63) is 53.6 Å². The molecule has 1 heterocycles. The normalized spacial score (nSPS) is 12.6. The Hall–Kier alpha value is -3.06. The number of nitrogens with zero attached hydrogens (tertiary/aromatic N) is 2. The summed E-state index contributed by atoms with van der Waals surface area (Å²) in [4.78, 5) is 28.0. The van der Waals surface area contributed by atoms with E-state index >= 15 is 0 Å². The van der Waals surface area contributed by atoms with Crippen LogP contribution in [0.1, 0.15) is 11.1 Å². The van der Waals surface area contributed by atoms with Gasteiger partial charge in [0.15, 0.2) is 11.5 Å². The molecular formula is C22H27N3O4. The van der Waals surface area contributed by atoms with Gasteiger partial charge >= 0.3 is 0 Å². The predicted octanol–water partition coefficient (Wildman–Crippen LogP) is 2.30. The van der Waals surface area contributed by atoms with Crippen molar-refractivity contribution >= 4 is 17.5 Å². The van der Waals surface area contributed by atoms with Crippen molar-refractivity contribution in [2.24, 2.45) is 0 Å². The highest BCUT2D eigenvalue weighted by Crippen LogP contribution is 2.31. The highest BCUT2D eigenvalue weighted by molar-refractivity contribution is 5.92. The van der Waals surface area contributed by atoms with Crippen LogP contribution in [0.4, 0.5) is 5.69 Å². The molecule has 7 nitrogen and oxygen atoms in total. The maximum absolute atomic E-state index is 12.5. The van der Waals surface area contributed by atoms with Crippen molar-refractivity contribution in [3.63, 3.8) is 0 Å². The highest BCUT2D eigenvalue weighted by Gasteiger charge is 2.16. The maximum Gasteiger partial charge on any atom is 0.238 e. The largest absolute Gasteiger partial charge is 0.486 e. The first kappa shape index (κ1) is 20.7. The molecule has 0 bridgehead atoms. The summed E-state index contributed by atoms with van der Waals surface area (Å²) < 4.78 is 11.1. The predicted molar refractivity (Wildman–Crippen MR) is 111 cm³/mol. The minimum Gasteiger partial charge on any atom is -0.486 e. The van der Waals surface area contributed by atoms with E-state index in [1.807, 2.05) is 49.4 Å². The van der Waals surface area contributed by atoms with Gasteiger partial charge in [-0.15, -0.1) is 0 Å². The molecule has 0 aromatic heterocycles. The van der Waals surface area contributed by atoms with E-state index in [2.05, 4.69) is 5.32 Å². The topological polar surface area (TPSA) is 71.1 Å².